The van der Waals surface area contributed by atoms with Gasteiger partial charge in [0.05, 0.1) is 0 Å². The van der Waals surface area contributed by atoms with Crippen LogP contribution in [-0.4, -0.2) is 12.1 Å². The first kappa shape index (κ1) is 14.8. The molecule has 96 valence electrons. The number of hydrogen-bond acceptors (Lipinski definition) is 1. The molecular weight excluding hydrogens is 253 g/mol. The largest absolute Gasteiger partial charge is 0.312 e. The number of benzene rings is 1. The molecule has 0 aromatic heterocycles. The minimum atomic E-state index is 0.159. The summed E-state index contributed by atoms with van der Waals surface area (Å²) in [5.41, 5.74) is 1.29. The fourth-order valence-electron chi connectivity index (χ4n) is 1.63. The van der Waals surface area contributed by atoms with Crippen LogP contribution in [-0.2, 0) is 6.42 Å². The lowest BCUT2D eigenvalue weighted by Crippen LogP contribution is -2.39. The molecule has 0 fully saturated rings. The van der Waals surface area contributed by atoms with E-state index >= 15 is 0 Å². The molecule has 0 spiro atoms. The highest BCUT2D eigenvalue weighted by atomic mass is 35.5. The van der Waals surface area contributed by atoms with Gasteiger partial charge in [-0.1, -0.05) is 30.1 Å². The zero-order valence-electron chi connectivity index (χ0n) is 11.0. The Kier molecular flexibility index (Phi) is 5.30. The predicted molar refractivity (Wildman–Crippen MR) is 77.1 cm³/mol. The third kappa shape index (κ3) is 5.76. The zero-order chi connectivity index (χ0) is 13.1. The summed E-state index contributed by atoms with van der Waals surface area (Å²) in [6.07, 6.45) is 0.947. The minimum absolute atomic E-state index is 0.159. The zero-order valence-corrected chi connectivity index (χ0v) is 12.5. The van der Waals surface area contributed by atoms with Gasteiger partial charge in [0, 0.05) is 15.6 Å². The van der Waals surface area contributed by atoms with Crippen LogP contribution >= 0.6 is 23.2 Å². The lowest BCUT2D eigenvalue weighted by atomic mass is 9.99. The Labute approximate surface area is 115 Å². The van der Waals surface area contributed by atoms with E-state index in [9.17, 15) is 0 Å². The molecule has 0 aliphatic carbocycles. The van der Waals surface area contributed by atoms with Crippen molar-refractivity contribution in [2.45, 2.75) is 39.7 Å². The molecule has 0 saturated carbocycles. The number of rotatable bonds is 4. The average Bonchev–Trinajstić information content (AvgIpc) is 2.20. The molecule has 1 aromatic carbocycles. The number of hydrogen-bond donors (Lipinski definition) is 1. The van der Waals surface area contributed by atoms with Crippen molar-refractivity contribution in [1.82, 2.24) is 5.32 Å². The number of nitrogens with one attached hydrogen (secondary N) is 1. The topological polar surface area (TPSA) is 12.0 Å². The molecule has 1 unspecified atom stereocenters. The van der Waals surface area contributed by atoms with E-state index in [2.05, 4.69) is 33.0 Å². The van der Waals surface area contributed by atoms with Crippen molar-refractivity contribution in [3.8, 4) is 0 Å². The van der Waals surface area contributed by atoms with Crippen molar-refractivity contribution in [3.05, 3.63) is 33.8 Å². The van der Waals surface area contributed by atoms with E-state index in [0.717, 1.165) is 28.6 Å². The molecule has 3 heteroatoms. The minimum Gasteiger partial charge on any atom is -0.312 e. The Hall–Kier alpha value is -0.240. The second-order valence-electron chi connectivity index (χ2n) is 5.68. The lowest BCUT2D eigenvalue weighted by molar-refractivity contribution is 0.381. The molecule has 1 rings (SSSR count). The first-order valence-electron chi connectivity index (χ1n) is 5.97. The van der Waals surface area contributed by atoms with Crippen LogP contribution in [0.3, 0.4) is 0 Å². The smallest absolute Gasteiger partial charge is 0.0439 e. The Morgan fingerprint density at radius 2 is 1.88 bits per heavy atom. The van der Waals surface area contributed by atoms with Crippen molar-refractivity contribution in [2.24, 2.45) is 5.92 Å². The van der Waals surface area contributed by atoms with E-state index in [1.165, 1.54) is 0 Å². The van der Waals surface area contributed by atoms with Crippen LogP contribution < -0.4 is 5.32 Å². The molecule has 0 amide bonds. The summed E-state index contributed by atoms with van der Waals surface area (Å²) >= 11 is 12.1. The van der Waals surface area contributed by atoms with Crippen molar-refractivity contribution >= 4 is 23.2 Å². The molecule has 0 saturated heterocycles. The van der Waals surface area contributed by atoms with E-state index < -0.39 is 0 Å². The van der Waals surface area contributed by atoms with Gasteiger partial charge in [0.25, 0.3) is 0 Å². The van der Waals surface area contributed by atoms with Gasteiger partial charge in [0.2, 0.25) is 0 Å². The molecule has 1 N–H and O–H groups in total. The summed E-state index contributed by atoms with van der Waals surface area (Å²) < 4.78 is 0. The molecule has 17 heavy (non-hydrogen) atoms. The van der Waals surface area contributed by atoms with Crippen LogP contribution in [0.4, 0.5) is 0 Å². The monoisotopic (exact) mass is 273 g/mol. The van der Waals surface area contributed by atoms with Crippen LogP contribution in [0.5, 0.6) is 0 Å². The Morgan fingerprint density at radius 1 is 1.24 bits per heavy atom. The first-order valence-corrected chi connectivity index (χ1v) is 6.72. The van der Waals surface area contributed by atoms with Gasteiger partial charge in [-0.15, -0.1) is 0 Å². The summed E-state index contributed by atoms with van der Waals surface area (Å²) in [7, 11) is 0. The van der Waals surface area contributed by atoms with Gasteiger partial charge in [-0.05, 0) is 63.4 Å². The van der Waals surface area contributed by atoms with E-state index in [4.69, 9.17) is 23.2 Å². The maximum Gasteiger partial charge on any atom is 0.0439 e. The van der Waals surface area contributed by atoms with Crippen molar-refractivity contribution in [1.29, 1.82) is 0 Å². The normalized spacial score (nSPS) is 13.8. The van der Waals surface area contributed by atoms with Gasteiger partial charge in [0.15, 0.2) is 0 Å². The third-order valence-corrected chi connectivity index (χ3v) is 3.16. The van der Waals surface area contributed by atoms with Crippen LogP contribution in [0.15, 0.2) is 18.2 Å². The van der Waals surface area contributed by atoms with E-state index in [0.29, 0.717) is 5.92 Å². The third-order valence-electron chi connectivity index (χ3n) is 2.56. The van der Waals surface area contributed by atoms with Gasteiger partial charge in [0.1, 0.15) is 0 Å². The molecule has 1 aromatic rings. The molecule has 1 atom stereocenters. The van der Waals surface area contributed by atoms with Crippen LogP contribution in [0, 0.1) is 5.92 Å². The summed E-state index contributed by atoms with van der Waals surface area (Å²) in [5, 5.41) is 5.05. The molecule has 0 bridgehead atoms. The quantitative estimate of drug-likeness (QED) is 0.848. The highest BCUT2D eigenvalue weighted by Crippen LogP contribution is 2.23. The number of halogens is 2. The van der Waals surface area contributed by atoms with Gasteiger partial charge >= 0.3 is 0 Å². The Balaban J connectivity index is 2.56. The highest BCUT2D eigenvalue weighted by molar-refractivity contribution is 6.33. The Bertz CT molecular complexity index is 369. The first-order chi connectivity index (χ1) is 7.78. The molecule has 0 aliphatic heterocycles. The summed E-state index contributed by atoms with van der Waals surface area (Å²) in [4.78, 5) is 0. The summed E-state index contributed by atoms with van der Waals surface area (Å²) in [6, 6.07) is 5.64. The van der Waals surface area contributed by atoms with Crippen molar-refractivity contribution in [3.63, 3.8) is 0 Å². The van der Waals surface area contributed by atoms with Gasteiger partial charge < -0.3 is 5.32 Å². The average molecular weight is 274 g/mol. The van der Waals surface area contributed by atoms with Gasteiger partial charge in [-0.3, -0.25) is 0 Å². The van der Waals surface area contributed by atoms with Gasteiger partial charge in [-0.25, -0.2) is 0 Å². The maximum atomic E-state index is 6.15. The summed E-state index contributed by atoms with van der Waals surface area (Å²) in [6.45, 7) is 9.71. The van der Waals surface area contributed by atoms with E-state index in [1.807, 2.05) is 18.2 Å². The second kappa shape index (κ2) is 6.08. The van der Waals surface area contributed by atoms with Crippen molar-refractivity contribution < 1.29 is 0 Å². The van der Waals surface area contributed by atoms with Crippen LogP contribution in [0.1, 0.15) is 33.3 Å². The molecule has 0 radical (unpaired) electrons. The Morgan fingerprint density at radius 3 is 2.47 bits per heavy atom. The van der Waals surface area contributed by atoms with Crippen LogP contribution in [0.25, 0.3) is 0 Å². The molecular formula is C14H21Cl2N. The second-order valence-corrected chi connectivity index (χ2v) is 6.52. The van der Waals surface area contributed by atoms with Crippen molar-refractivity contribution in [2.75, 3.05) is 6.54 Å². The van der Waals surface area contributed by atoms with Crippen LogP contribution in [0.2, 0.25) is 10.0 Å². The highest BCUT2D eigenvalue weighted by Gasteiger charge is 2.12. The summed E-state index contributed by atoms with van der Waals surface area (Å²) in [5.74, 6) is 0.533. The predicted octanol–water partition coefficient (Wildman–Crippen LogP) is 4.56. The van der Waals surface area contributed by atoms with E-state index in [1.54, 1.807) is 0 Å². The fourth-order valence-corrected chi connectivity index (χ4v) is 2.02. The molecule has 0 heterocycles. The van der Waals surface area contributed by atoms with Gasteiger partial charge in [-0.2, -0.15) is 0 Å². The van der Waals surface area contributed by atoms with E-state index in [-0.39, 0.29) is 5.54 Å². The standard InChI is InChI=1S/C14H21Cl2N/c1-10(9-17-14(2,3)4)7-11-8-12(15)5-6-13(11)16/h5-6,8,10,17H,7,9H2,1-4H3. The molecule has 0 aliphatic rings. The maximum absolute atomic E-state index is 6.15. The SMILES string of the molecule is CC(CNC(C)(C)C)Cc1cc(Cl)ccc1Cl. The molecule has 1 nitrogen and oxygen atoms in total. The fraction of sp³-hybridized carbons (Fsp3) is 0.571. The lowest BCUT2D eigenvalue weighted by Gasteiger charge is -2.23.